The van der Waals surface area contributed by atoms with Crippen LogP contribution in [0.1, 0.15) is 91.9 Å². The van der Waals surface area contributed by atoms with E-state index < -0.39 is 0 Å². The quantitative estimate of drug-likeness (QED) is 0.619. The molecule has 0 aliphatic heterocycles. The van der Waals surface area contributed by atoms with Crippen molar-refractivity contribution in [2.24, 2.45) is 5.41 Å². The maximum absolute atomic E-state index is 3.79. The summed E-state index contributed by atoms with van der Waals surface area (Å²) < 4.78 is 0. The van der Waals surface area contributed by atoms with E-state index in [1.165, 1.54) is 64.2 Å². The van der Waals surface area contributed by atoms with Crippen molar-refractivity contribution in [1.29, 1.82) is 0 Å². The van der Waals surface area contributed by atoms with Crippen molar-refractivity contribution in [3.8, 4) is 0 Å². The molecule has 0 heterocycles. The third-order valence-corrected chi connectivity index (χ3v) is 4.63. The van der Waals surface area contributed by atoms with Crippen molar-refractivity contribution in [3.63, 3.8) is 0 Å². The molecule has 0 amide bonds. The van der Waals surface area contributed by atoms with E-state index in [1.54, 1.807) is 0 Å². The SMILES string of the molecule is CCCCC1(CCCC)CCCC(NC(C)C)C1. The van der Waals surface area contributed by atoms with Crippen LogP contribution < -0.4 is 5.32 Å². The molecule has 1 aliphatic rings. The first-order valence-electron chi connectivity index (χ1n) is 8.38. The van der Waals surface area contributed by atoms with Crippen molar-refractivity contribution < 1.29 is 0 Å². The van der Waals surface area contributed by atoms with Gasteiger partial charge in [0.2, 0.25) is 0 Å². The van der Waals surface area contributed by atoms with E-state index in [9.17, 15) is 0 Å². The fraction of sp³-hybridized carbons (Fsp3) is 1.00. The molecule has 0 aromatic rings. The Kier molecular flexibility index (Phi) is 7.29. The molecule has 108 valence electrons. The Morgan fingerprint density at radius 2 is 1.72 bits per heavy atom. The molecule has 1 rings (SSSR count). The predicted octanol–water partition coefficient (Wildman–Crippen LogP) is 5.29. The van der Waals surface area contributed by atoms with E-state index in [0.717, 1.165) is 6.04 Å². The molecule has 0 aromatic heterocycles. The first kappa shape index (κ1) is 16.0. The summed E-state index contributed by atoms with van der Waals surface area (Å²) in [4.78, 5) is 0. The van der Waals surface area contributed by atoms with Gasteiger partial charge in [0.25, 0.3) is 0 Å². The van der Waals surface area contributed by atoms with Gasteiger partial charge in [-0.3, -0.25) is 0 Å². The second-order valence-electron chi connectivity index (χ2n) is 6.82. The van der Waals surface area contributed by atoms with Crippen molar-refractivity contribution in [1.82, 2.24) is 5.32 Å². The van der Waals surface area contributed by atoms with Gasteiger partial charge in [-0.25, -0.2) is 0 Å². The minimum Gasteiger partial charge on any atom is -0.312 e. The molecule has 1 fully saturated rings. The summed E-state index contributed by atoms with van der Waals surface area (Å²) in [7, 11) is 0. The highest BCUT2D eigenvalue weighted by molar-refractivity contribution is 4.89. The molecule has 1 nitrogen and oxygen atoms in total. The molecule has 0 radical (unpaired) electrons. The first-order valence-corrected chi connectivity index (χ1v) is 8.38. The Bertz CT molecular complexity index is 202. The fourth-order valence-corrected chi connectivity index (χ4v) is 3.75. The van der Waals surface area contributed by atoms with E-state index in [1.807, 2.05) is 0 Å². The summed E-state index contributed by atoms with van der Waals surface area (Å²) in [6, 6.07) is 1.43. The monoisotopic (exact) mass is 253 g/mol. The summed E-state index contributed by atoms with van der Waals surface area (Å²) in [5, 5.41) is 3.79. The number of hydrogen-bond acceptors (Lipinski definition) is 1. The fourth-order valence-electron chi connectivity index (χ4n) is 3.75. The van der Waals surface area contributed by atoms with Crippen LogP contribution >= 0.6 is 0 Å². The third kappa shape index (κ3) is 5.30. The highest BCUT2D eigenvalue weighted by atomic mass is 14.9. The second kappa shape index (κ2) is 8.19. The standard InChI is InChI=1S/C17H35N/c1-5-7-11-17(12-8-6-2)13-9-10-16(14-17)18-15(3)4/h15-16,18H,5-14H2,1-4H3. The molecular formula is C17H35N. The summed E-state index contributed by atoms with van der Waals surface area (Å²) in [5.41, 5.74) is 0.677. The van der Waals surface area contributed by atoms with Crippen molar-refractivity contribution in [2.75, 3.05) is 0 Å². The topological polar surface area (TPSA) is 12.0 Å². The van der Waals surface area contributed by atoms with Gasteiger partial charge in [-0.15, -0.1) is 0 Å². The van der Waals surface area contributed by atoms with Gasteiger partial charge in [-0.05, 0) is 37.5 Å². The Balaban J connectivity index is 2.56. The molecule has 0 aromatic carbocycles. The zero-order valence-electron chi connectivity index (χ0n) is 13.2. The molecule has 1 N–H and O–H groups in total. The summed E-state index contributed by atoms with van der Waals surface area (Å²) in [6.07, 6.45) is 14.3. The molecule has 0 bridgehead atoms. The van der Waals surface area contributed by atoms with E-state index in [0.29, 0.717) is 11.5 Å². The Morgan fingerprint density at radius 1 is 1.11 bits per heavy atom. The number of unbranched alkanes of at least 4 members (excludes halogenated alkanes) is 2. The molecule has 18 heavy (non-hydrogen) atoms. The van der Waals surface area contributed by atoms with Gasteiger partial charge < -0.3 is 5.32 Å². The van der Waals surface area contributed by atoms with Gasteiger partial charge in [0.05, 0.1) is 0 Å². The van der Waals surface area contributed by atoms with Crippen LogP contribution in [0.2, 0.25) is 0 Å². The van der Waals surface area contributed by atoms with Crippen LogP contribution in [0.15, 0.2) is 0 Å². The molecule has 0 spiro atoms. The molecule has 1 aliphatic carbocycles. The Hall–Kier alpha value is -0.0400. The highest BCUT2D eigenvalue weighted by Crippen LogP contribution is 2.44. The van der Waals surface area contributed by atoms with Gasteiger partial charge in [0.1, 0.15) is 0 Å². The van der Waals surface area contributed by atoms with Crippen LogP contribution in [0, 0.1) is 5.41 Å². The van der Waals surface area contributed by atoms with E-state index in [-0.39, 0.29) is 0 Å². The van der Waals surface area contributed by atoms with Crippen LogP contribution in [0.25, 0.3) is 0 Å². The van der Waals surface area contributed by atoms with Gasteiger partial charge in [0, 0.05) is 12.1 Å². The minimum atomic E-state index is 0.642. The van der Waals surface area contributed by atoms with Crippen LogP contribution in [0.4, 0.5) is 0 Å². The van der Waals surface area contributed by atoms with Crippen LogP contribution in [0.5, 0.6) is 0 Å². The summed E-state index contributed by atoms with van der Waals surface area (Å²) in [6.45, 7) is 9.24. The number of rotatable bonds is 8. The molecule has 1 heteroatoms. The average molecular weight is 253 g/mol. The van der Waals surface area contributed by atoms with E-state index >= 15 is 0 Å². The van der Waals surface area contributed by atoms with E-state index in [2.05, 4.69) is 33.0 Å². The Labute approximate surface area is 115 Å². The number of nitrogens with one attached hydrogen (secondary N) is 1. The van der Waals surface area contributed by atoms with Crippen molar-refractivity contribution >= 4 is 0 Å². The zero-order chi connectivity index (χ0) is 13.4. The normalized spacial score (nSPS) is 23.5. The maximum atomic E-state index is 3.79. The van der Waals surface area contributed by atoms with Gasteiger partial charge in [-0.2, -0.15) is 0 Å². The van der Waals surface area contributed by atoms with E-state index in [4.69, 9.17) is 0 Å². The lowest BCUT2D eigenvalue weighted by Crippen LogP contribution is -2.42. The highest BCUT2D eigenvalue weighted by Gasteiger charge is 2.35. The lowest BCUT2D eigenvalue weighted by molar-refractivity contribution is 0.118. The largest absolute Gasteiger partial charge is 0.312 e. The van der Waals surface area contributed by atoms with Gasteiger partial charge in [-0.1, -0.05) is 59.8 Å². The second-order valence-corrected chi connectivity index (χ2v) is 6.82. The lowest BCUT2D eigenvalue weighted by Gasteiger charge is -2.42. The average Bonchev–Trinajstić information content (AvgIpc) is 2.34. The lowest BCUT2D eigenvalue weighted by atomic mass is 9.66. The first-order chi connectivity index (χ1) is 8.62. The maximum Gasteiger partial charge on any atom is 0.00747 e. The van der Waals surface area contributed by atoms with Crippen molar-refractivity contribution in [2.45, 2.75) is 104 Å². The summed E-state index contributed by atoms with van der Waals surface area (Å²) >= 11 is 0. The summed E-state index contributed by atoms with van der Waals surface area (Å²) in [5.74, 6) is 0. The molecule has 1 unspecified atom stereocenters. The Morgan fingerprint density at radius 3 is 2.22 bits per heavy atom. The molecule has 1 saturated carbocycles. The van der Waals surface area contributed by atoms with Gasteiger partial charge in [0.15, 0.2) is 0 Å². The smallest absolute Gasteiger partial charge is 0.00747 e. The van der Waals surface area contributed by atoms with Gasteiger partial charge >= 0.3 is 0 Å². The predicted molar refractivity (Wildman–Crippen MR) is 82.0 cm³/mol. The van der Waals surface area contributed by atoms with Crippen LogP contribution in [-0.2, 0) is 0 Å². The van der Waals surface area contributed by atoms with Crippen LogP contribution in [-0.4, -0.2) is 12.1 Å². The number of hydrogen-bond donors (Lipinski definition) is 1. The van der Waals surface area contributed by atoms with Crippen LogP contribution in [0.3, 0.4) is 0 Å². The molecule has 0 saturated heterocycles. The molecular weight excluding hydrogens is 218 g/mol. The third-order valence-electron chi connectivity index (χ3n) is 4.63. The molecule has 1 atom stereocenters. The van der Waals surface area contributed by atoms with Crippen molar-refractivity contribution in [3.05, 3.63) is 0 Å². The minimum absolute atomic E-state index is 0.642. The zero-order valence-corrected chi connectivity index (χ0v) is 13.2.